The van der Waals surface area contributed by atoms with Crippen molar-refractivity contribution in [3.8, 4) is 6.07 Å². The Hall–Kier alpha value is -0.160. The van der Waals surface area contributed by atoms with Gasteiger partial charge in [0.15, 0.2) is 0 Å². The molecule has 1 nitrogen and oxygen atoms in total. The lowest BCUT2D eigenvalue weighted by atomic mass is 9.99. The largest absolute Gasteiger partial charge is 0.198 e. The number of nitriles is 1. The number of rotatable bonds is 2. The quantitative estimate of drug-likeness (QED) is 0.606. The van der Waals surface area contributed by atoms with Gasteiger partial charge in [0.25, 0.3) is 0 Å². The molecule has 1 aliphatic carbocycles. The van der Waals surface area contributed by atoms with E-state index in [1.54, 1.807) is 0 Å². The van der Waals surface area contributed by atoms with Crippen molar-refractivity contribution in [2.45, 2.75) is 24.5 Å². The first kappa shape index (κ1) is 6.54. The third-order valence-electron chi connectivity index (χ3n) is 2.41. The van der Waals surface area contributed by atoms with Crippen molar-refractivity contribution >= 4 is 11.8 Å². The predicted molar refractivity (Wildman–Crippen MR) is 42.7 cm³/mol. The Morgan fingerprint density at radius 3 is 2.40 bits per heavy atom. The molecule has 0 aromatic rings. The topological polar surface area (TPSA) is 23.8 Å². The van der Waals surface area contributed by atoms with Crippen LogP contribution in [0.3, 0.4) is 0 Å². The van der Waals surface area contributed by atoms with Crippen LogP contribution in [0, 0.1) is 23.2 Å². The Kier molecular flexibility index (Phi) is 1.61. The second-order valence-corrected chi connectivity index (χ2v) is 4.54. The van der Waals surface area contributed by atoms with Gasteiger partial charge in [-0.25, -0.2) is 0 Å². The first-order valence-electron chi connectivity index (χ1n) is 3.93. The van der Waals surface area contributed by atoms with Crippen molar-refractivity contribution < 1.29 is 0 Å². The van der Waals surface area contributed by atoms with Gasteiger partial charge in [0.1, 0.15) is 0 Å². The maximum absolute atomic E-state index is 8.81. The van der Waals surface area contributed by atoms with E-state index in [1.807, 2.05) is 11.8 Å². The zero-order valence-corrected chi connectivity index (χ0v) is 6.73. The number of hydrogen-bond acceptors (Lipinski definition) is 2. The van der Waals surface area contributed by atoms with Gasteiger partial charge in [0.2, 0.25) is 0 Å². The summed E-state index contributed by atoms with van der Waals surface area (Å²) in [5, 5.41) is 9.51. The summed E-state index contributed by atoms with van der Waals surface area (Å²) >= 11 is 1.98. The van der Waals surface area contributed by atoms with Crippen LogP contribution < -0.4 is 0 Å². The van der Waals surface area contributed by atoms with E-state index in [-0.39, 0.29) is 0 Å². The summed E-state index contributed by atoms with van der Waals surface area (Å²) in [7, 11) is 0. The molecule has 1 saturated heterocycles. The molecule has 0 aromatic heterocycles. The van der Waals surface area contributed by atoms with E-state index in [9.17, 15) is 0 Å². The molecule has 1 heterocycles. The van der Waals surface area contributed by atoms with Crippen LogP contribution in [0.5, 0.6) is 0 Å². The average Bonchev–Trinajstić information content (AvgIpc) is 2.58. The maximum Gasteiger partial charge on any atom is 0.0670 e. The van der Waals surface area contributed by atoms with Gasteiger partial charge >= 0.3 is 0 Å². The summed E-state index contributed by atoms with van der Waals surface area (Å²) < 4.78 is 0. The van der Waals surface area contributed by atoms with Crippen molar-refractivity contribution in [1.82, 2.24) is 0 Å². The van der Waals surface area contributed by atoms with E-state index in [0.29, 0.717) is 11.2 Å². The first-order valence-corrected chi connectivity index (χ1v) is 4.98. The van der Waals surface area contributed by atoms with Gasteiger partial charge in [-0.3, -0.25) is 0 Å². The maximum atomic E-state index is 8.81. The monoisotopic (exact) mass is 153 g/mol. The van der Waals surface area contributed by atoms with Crippen molar-refractivity contribution in [3.63, 3.8) is 0 Å². The van der Waals surface area contributed by atoms with E-state index >= 15 is 0 Å². The van der Waals surface area contributed by atoms with E-state index in [4.69, 9.17) is 5.26 Å². The lowest BCUT2D eigenvalue weighted by Crippen LogP contribution is -2.26. The van der Waals surface area contributed by atoms with Gasteiger partial charge in [-0.1, -0.05) is 0 Å². The van der Waals surface area contributed by atoms with Crippen molar-refractivity contribution in [3.05, 3.63) is 0 Å². The summed E-state index contributed by atoms with van der Waals surface area (Å²) in [5.41, 5.74) is 0. The van der Waals surface area contributed by atoms with E-state index in [0.717, 1.165) is 5.92 Å². The Balaban J connectivity index is 1.91. The number of hydrogen-bond donors (Lipinski definition) is 0. The molecule has 1 saturated carbocycles. The number of nitrogens with zero attached hydrogens (tertiary/aromatic N) is 1. The number of thioether (sulfide) groups is 1. The van der Waals surface area contributed by atoms with Gasteiger partial charge in [0, 0.05) is 5.25 Å². The van der Waals surface area contributed by atoms with Crippen LogP contribution in [0.1, 0.15) is 19.3 Å². The molecule has 1 aliphatic heterocycles. The summed E-state index contributed by atoms with van der Waals surface area (Å²) in [6.07, 6.45) is 3.92. The molecule has 54 valence electrons. The fourth-order valence-corrected chi connectivity index (χ4v) is 2.48. The molecule has 0 aromatic carbocycles. The van der Waals surface area contributed by atoms with Crippen LogP contribution in [-0.4, -0.2) is 11.0 Å². The minimum absolute atomic E-state index is 0.402. The Morgan fingerprint density at radius 1 is 1.40 bits per heavy atom. The third-order valence-corrected chi connectivity index (χ3v) is 3.84. The summed E-state index contributed by atoms with van der Waals surface area (Å²) in [6, 6.07) is 2.45. The van der Waals surface area contributed by atoms with E-state index in [2.05, 4.69) is 6.07 Å². The van der Waals surface area contributed by atoms with E-state index in [1.165, 1.54) is 25.0 Å². The fraction of sp³-hybridized carbons (Fsp3) is 0.875. The van der Waals surface area contributed by atoms with Crippen LogP contribution in [0.4, 0.5) is 0 Å². The van der Waals surface area contributed by atoms with Crippen LogP contribution in [0.15, 0.2) is 0 Å². The fourth-order valence-electron chi connectivity index (χ4n) is 1.48. The van der Waals surface area contributed by atoms with Gasteiger partial charge in [-0.05, 0) is 30.9 Å². The zero-order chi connectivity index (χ0) is 6.97. The van der Waals surface area contributed by atoms with Gasteiger partial charge < -0.3 is 0 Å². The van der Waals surface area contributed by atoms with Gasteiger partial charge in [-0.15, -0.1) is 0 Å². The average molecular weight is 153 g/mol. The SMILES string of the molecule is N#CC(C1CC1)C1CCS1. The van der Waals surface area contributed by atoms with Crippen molar-refractivity contribution in [2.24, 2.45) is 11.8 Å². The second-order valence-electron chi connectivity index (χ2n) is 3.19. The highest BCUT2D eigenvalue weighted by Crippen LogP contribution is 2.45. The molecule has 10 heavy (non-hydrogen) atoms. The molecular weight excluding hydrogens is 142 g/mol. The Bertz CT molecular complexity index is 165. The van der Waals surface area contributed by atoms with Crippen LogP contribution in [0.2, 0.25) is 0 Å². The molecule has 0 radical (unpaired) electrons. The standard InChI is InChI=1S/C8H11NS/c9-5-7(6-1-2-6)8-3-4-10-8/h6-8H,1-4H2. The van der Waals surface area contributed by atoms with Crippen molar-refractivity contribution in [1.29, 1.82) is 5.26 Å². The van der Waals surface area contributed by atoms with E-state index < -0.39 is 0 Å². The minimum Gasteiger partial charge on any atom is -0.198 e. The molecule has 2 aliphatic rings. The molecule has 0 spiro atoms. The highest BCUT2D eigenvalue weighted by atomic mass is 32.2. The highest BCUT2D eigenvalue weighted by molar-refractivity contribution is 8.01. The Labute approximate surface area is 65.8 Å². The summed E-state index contributed by atoms with van der Waals surface area (Å²) in [6.45, 7) is 0. The Morgan fingerprint density at radius 2 is 2.10 bits per heavy atom. The molecule has 0 bridgehead atoms. The molecule has 0 amide bonds. The smallest absolute Gasteiger partial charge is 0.0670 e. The molecule has 2 heteroatoms. The van der Waals surface area contributed by atoms with Crippen molar-refractivity contribution in [2.75, 3.05) is 5.75 Å². The first-order chi connectivity index (χ1) is 4.92. The van der Waals surface area contributed by atoms with Gasteiger partial charge in [0.05, 0.1) is 12.0 Å². The normalized spacial score (nSPS) is 34.1. The zero-order valence-electron chi connectivity index (χ0n) is 5.92. The molecule has 2 fully saturated rings. The lowest BCUT2D eigenvalue weighted by molar-refractivity contribution is 0.527. The van der Waals surface area contributed by atoms with Crippen LogP contribution >= 0.6 is 11.8 Å². The van der Waals surface area contributed by atoms with Crippen LogP contribution in [-0.2, 0) is 0 Å². The minimum atomic E-state index is 0.402. The molecule has 0 N–H and O–H groups in total. The molecule has 2 atom stereocenters. The second kappa shape index (κ2) is 2.47. The van der Waals surface area contributed by atoms with Crippen LogP contribution in [0.25, 0.3) is 0 Å². The third kappa shape index (κ3) is 1.03. The van der Waals surface area contributed by atoms with Gasteiger partial charge in [-0.2, -0.15) is 17.0 Å². The molecule has 2 unspecified atom stereocenters. The highest BCUT2D eigenvalue weighted by Gasteiger charge is 2.39. The molecular formula is C8H11NS. The molecule has 2 rings (SSSR count). The summed E-state index contributed by atoms with van der Waals surface area (Å²) in [4.78, 5) is 0. The predicted octanol–water partition coefficient (Wildman–Crippen LogP) is 2.04. The lowest BCUT2D eigenvalue weighted by Gasteiger charge is -2.28. The summed E-state index contributed by atoms with van der Waals surface area (Å²) in [5.74, 6) is 2.47.